The maximum absolute atomic E-state index is 13.3. The molecule has 1 aromatic heterocycles. The molecule has 5 nitrogen and oxygen atoms in total. The van der Waals surface area contributed by atoms with Crippen molar-refractivity contribution in [2.24, 2.45) is 0 Å². The number of rotatable bonds is 4. The Morgan fingerprint density at radius 1 is 1.10 bits per heavy atom. The number of tetrazole rings is 1. The first-order valence-electron chi connectivity index (χ1n) is 5.74. The van der Waals surface area contributed by atoms with Gasteiger partial charge < -0.3 is 4.74 Å². The van der Waals surface area contributed by atoms with E-state index < -0.39 is 17.9 Å². The van der Waals surface area contributed by atoms with Crippen molar-refractivity contribution in [2.45, 2.75) is 19.0 Å². The first-order chi connectivity index (χ1) is 9.77. The molecule has 1 heterocycles. The number of hydrogen-bond acceptors (Lipinski definition) is 4. The van der Waals surface area contributed by atoms with Crippen molar-refractivity contribution in [1.29, 1.82) is 0 Å². The Hall–Kier alpha value is -2.26. The van der Waals surface area contributed by atoms with Gasteiger partial charge in [-0.05, 0) is 41.6 Å². The molecule has 0 amide bonds. The fraction of sp³-hybridized carbons (Fsp3) is 0.364. The third-order valence-corrected chi connectivity index (χ3v) is 2.50. The van der Waals surface area contributed by atoms with Crippen molar-refractivity contribution < 1.29 is 26.7 Å². The standard InChI is InChI=1S/C11H9F5N4O/c1-2-21-8-5-3-7(4-6-8)20-9(17-18-19-20)10(12,13)11(14,15)16/h3-6H,2H2,1H3. The highest BCUT2D eigenvalue weighted by Crippen LogP contribution is 2.43. The number of alkyl halides is 5. The number of benzene rings is 1. The van der Waals surface area contributed by atoms with Crippen LogP contribution < -0.4 is 4.74 Å². The molecule has 0 N–H and O–H groups in total. The molecule has 0 aliphatic carbocycles. The van der Waals surface area contributed by atoms with Crippen LogP contribution in [0.25, 0.3) is 5.69 Å². The zero-order valence-corrected chi connectivity index (χ0v) is 10.6. The van der Waals surface area contributed by atoms with Gasteiger partial charge in [0.1, 0.15) is 5.75 Å². The second-order valence-electron chi connectivity index (χ2n) is 3.91. The highest BCUT2D eigenvalue weighted by Gasteiger charge is 2.62. The Morgan fingerprint density at radius 2 is 1.71 bits per heavy atom. The van der Waals surface area contributed by atoms with Crippen molar-refractivity contribution in [1.82, 2.24) is 20.2 Å². The molecule has 21 heavy (non-hydrogen) atoms. The third kappa shape index (κ3) is 2.78. The largest absolute Gasteiger partial charge is 0.494 e. The van der Waals surface area contributed by atoms with Crippen molar-refractivity contribution in [2.75, 3.05) is 6.61 Å². The van der Waals surface area contributed by atoms with E-state index in [1.165, 1.54) is 24.3 Å². The summed E-state index contributed by atoms with van der Waals surface area (Å²) in [6, 6.07) is 5.38. The van der Waals surface area contributed by atoms with Crippen LogP contribution in [-0.2, 0) is 5.92 Å². The maximum atomic E-state index is 13.3. The van der Waals surface area contributed by atoms with E-state index in [2.05, 4.69) is 15.5 Å². The first kappa shape index (κ1) is 15.1. The second-order valence-corrected chi connectivity index (χ2v) is 3.91. The molecule has 10 heteroatoms. The van der Waals surface area contributed by atoms with Crippen LogP contribution in [0, 0.1) is 0 Å². The minimum atomic E-state index is -5.79. The van der Waals surface area contributed by atoms with Crippen LogP contribution in [0.15, 0.2) is 24.3 Å². The Morgan fingerprint density at radius 3 is 2.24 bits per heavy atom. The molecule has 0 fully saturated rings. The fourth-order valence-electron chi connectivity index (χ4n) is 1.53. The van der Waals surface area contributed by atoms with Gasteiger partial charge in [0.05, 0.1) is 12.3 Å². The van der Waals surface area contributed by atoms with Crippen LogP contribution in [-0.4, -0.2) is 33.0 Å². The molecule has 0 bridgehead atoms. The number of halogens is 5. The molecule has 0 spiro atoms. The molecular weight excluding hydrogens is 299 g/mol. The average Bonchev–Trinajstić information content (AvgIpc) is 2.88. The normalized spacial score (nSPS) is 12.5. The average molecular weight is 308 g/mol. The van der Waals surface area contributed by atoms with Crippen molar-refractivity contribution >= 4 is 0 Å². The Balaban J connectivity index is 2.41. The monoisotopic (exact) mass is 308 g/mol. The van der Waals surface area contributed by atoms with Gasteiger partial charge in [0.2, 0.25) is 5.82 Å². The van der Waals surface area contributed by atoms with E-state index in [-0.39, 0.29) is 5.69 Å². The smallest absolute Gasteiger partial charge is 0.461 e. The number of nitrogens with zero attached hydrogens (tertiary/aromatic N) is 4. The number of hydrogen-bond donors (Lipinski definition) is 0. The highest BCUT2D eigenvalue weighted by atomic mass is 19.4. The van der Waals surface area contributed by atoms with Gasteiger partial charge >= 0.3 is 12.1 Å². The molecule has 0 unspecified atom stereocenters. The predicted molar refractivity (Wildman–Crippen MR) is 60.3 cm³/mol. The Labute approximate surface area is 115 Å². The van der Waals surface area contributed by atoms with E-state index in [0.717, 1.165) is 0 Å². The number of aromatic nitrogens is 4. The van der Waals surface area contributed by atoms with E-state index in [9.17, 15) is 22.0 Å². The minimum Gasteiger partial charge on any atom is -0.494 e. The molecule has 0 aliphatic heterocycles. The van der Waals surface area contributed by atoms with Gasteiger partial charge in [-0.15, -0.1) is 5.10 Å². The zero-order valence-electron chi connectivity index (χ0n) is 10.6. The molecule has 0 aliphatic rings. The molecule has 0 saturated carbocycles. The second kappa shape index (κ2) is 5.26. The lowest BCUT2D eigenvalue weighted by Crippen LogP contribution is -2.36. The molecular formula is C11H9F5N4O. The van der Waals surface area contributed by atoms with Crippen molar-refractivity contribution in [3.63, 3.8) is 0 Å². The summed E-state index contributed by atoms with van der Waals surface area (Å²) < 4.78 is 69.3. The van der Waals surface area contributed by atoms with Gasteiger partial charge in [-0.1, -0.05) is 0 Å². The van der Waals surface area contributed by atoms with Crippen LogP contribution in [0.3, 0.4) is 0 Å². The quantitative estimate of drug-likeness (QED) is 0.815. The molecule has 114 valence electrons. The van der Waals surface area contributed by atoms with Gasteiger partial charge in [0.15, 0.2) is 0 Å². The topological polar surface area (TPSA) is 52.8 Å². The maximum Gasteiger partial charge on any atom is 0.461 e. The lowest BCUT2D eigenvalue weighted by molar-refractivity contribution is -0.293. The summed E-state index contributed by atoms with van der Waals surface area (Å²) in [5.74, 6) is -6.31. The van der Waals surface area contributed by atoms with Gasteiger partial charge in [0, 0.05) is 0 Å². The van der Waals surface area contributed by atoms with Gasteiger partial charge in [0.25, 0.3) is 0 Å². The van der Waals surface area contributed by atoms with E-state index in [0.29, 0.717) is 17.0 Å². The predicted octanol–water partition coefficient (Wildman–Crippen LogP) is 2.72. The number of ether oxygens (including phenoxy) is 1. The van der Waals surface area contributed by atoms with Crippen LogP contribution >= 0.6 is 0 Å². The highest BCUT2D eigenvalue weighted by molar-refractivity contribution is 5.37. The molecule has 1 aromatic carbocycles. The first-order valence-corrected chi connectivity index (χ1v) is 5.74. The Bertz CT molecular complexity index is 608. The minimum absolute atomic E-state index is 0.0395. The molecule has 2 rings (SSSR count). The van der Waals surface area contributed by atoms with Gasteiger partial charge in [-0.2, -0.15) is 26.6 Å². The van der Waals surface area contributed by atoms with Gasteiger partial charge in [-0.3, -0.25) is 0 Å². The summed E-state index contributed by atoms with van der Waals surface area (Å²) in [5, 5.41) is 8.86. The molecule has 0 atom stereocenters. The summed E-state index contributed by atoms with van der Waals surface area (Å²) in [5.41, 5.74) is -0.0395. The van der Waals surface area contributed by atoms with E-state index in [4.69, 9.17) is 4.74 Å². The fourth-order valence-corrected chi connectivity index (χ4v) is 1.53. The van der Waals surface area contributed by atoms with E-state index in [1.54, 1.807) is 6.92 Å². The SMILES string of the molecule is CCOc1ccc(-n2nnnc2C(F)(F)C(F)(F)F)cc1. The van der Waals surface area contributed by atoms with Crippen molar-refractivity contribution in [3.05, 3.63) is 30.1 Å². The zero-order chi connectivity index (χ0) is 15.7. The van der Waals surface area contributed by atoms with Crippen LogP contribution in [0.4, 0.5) is 22.0 Å². The molecule has 2 aromatic rings. The van der Waals surface area contributed by atoms with Crippen LogP contribution in [0.1, 0.15) is 12.7 Å². The lowest BCUT2D eigenvalue weighted by atomic mass is 10.2. The summed E-state index contributed by atoms with van der Waals surface area (Å²) >= 11 is 0. The van der Waals surface area contributed by atoms with E-state index >= 15 is 0 Å². The summed E-state index contributed by atoms with van der Waals surface area (Å²) in [6.45, 7) is 2.14. The molecule has 0 radical (unpaired) electrons. The summed E-state index contributed by atoms with van der Waals surface area (Å²) in [6.07, 6.45) is -5.79. The molecule has 0 saturated heterocycles. The summed E-state index contributed by atoms with van der Waals surface area (Å²) in [4.78, 5) is 0. The van der Waals surface area contributed by atoms with Crippen LogP contribution in [0.2, 0.25) is 0 Å². The Kier molecular flexibility index (Phi) is 3.79. The lowest BCUT2D eigenvalue weighted by Gasteiger charge is -2.18. The van der Waals surface area contributed by atoms with Crippen molar-refractivity contribution in [3.8, 4) is 11.4 Å². The third-order valence-electron chi connectivity index (χ3n) is 2.50. The van der Waals surface area contributed by atoms with Crippen LogP contribution in [0.5, 0.6) is 5.75 Å². The van der Waals surface area contributed by atoms with E-state index in [1.807, 2.05) is 0 Å². The van der Waals surface area contributed by atoms with Gasteiger partial charge in [-0.25, -0.2) is 0 Å². The summed E-state index contributed by atoms with van der Waals surface area (Å²) in [7, 11) is 0.